The topological polar surface area (TPSA) is 12.0 Å². The minimum Gasteiger partial charge on any atom is -0.372 e. The molecule has 0 aromatic rings. The standard InChI is InChI=1S/C10H27NSi2/c1-2-3-4-5-6-7-8-9-10-13-11-12/h11H,2-10,13H2,1,12H3. The quantitative estimate of drug-likeness (QED) is 0.432. The molecule has 3 heteroatoms. The Balaban J connectivity index is 2.76. The van der Waals surface area contributed by atoms with E-state index >= 15 is 0 Å². The maximum atomic E-state index is 3.46. The highest BCUT2D eigenvalue weighted by molar-refractivity contribution is 6.41. The third kappa shape index (κ3) is 12.4. The van der Waals surface area contributed by atoms with Crippen molar-refractivity contribution in [2.45, 2.75) is 64.3 Å². The lowest BCUT2D eigenvalue weighted by atomic mass is 10.1. The minimum absolute atomic E-state index is 0.186. The molecule has 0 spiro atoms. The van der Waals surface area contributed by atoms with Crippen molar-refractivity contribution in [3.8, 4) is 0 Å². The van der Waals surface area contributed by atoms with E-state index in [9.17, 15) is 0 Å². The fraction of sp³-hybridized carbons (Fsp3) is 1.00. The molecule has 80 valence electrons. The van der Waals surface area contributed by atoms with Crippen molar-refractivity contribution in [1.82, 2.24) is 4.65 Å². The molecule has 0 saturated heterocycles. The Labute approximate surface area is 89.5 Å². The van der Waals surface area contributed by atoms with E-state index in [4.69, 9.17) is 0 Å². The van der Waals surface area contributed by atoms with Crippen LogP contribution >= 0.6 is 0 Å². The van der Waals surface area contributed by atoms with Crippen LogP contribution in [0.25, 0.3) is 0 Å². The normalized spacial score (nSPS) is 11.8. The summed E-state index contributed by atoms with van der Waals surface area (Å²) in [6, 6.07) is 1.53. The summed E-state index contributed by atoms with van der Waals surface area (Å²) in [5, 5.41) is 0. The summed E-state index contributed by atoms with van der Waals surface area (Å²) in [5.74, 6) is 0. The van der Waals surface area contributed by atoms with Gasteiger partial charge in [0.15, 0.2) is 0 Å². The zero-order valence-electron chi connectivity index (χ0n) is 9.57. The van der Waals surface area contributed by atoms with Crippen LogP contribution in [0.15, 0.2) is 0 Å². The van der Waals surface area contributed by atoms with Crippen LogP contribution < -0.4 is 4.65 Å². The first-order valence-electron chi connectivity index (χ1n) is 6.06. The highest BCUT2D eigenvalue weighted by atomic mass is 28.3. The largest absolute Gasteiger partial charge is 0.372 e. The van der Waals surface area contributed by atoms with Gasteiger partial charge in [-0.05, 0) is 0 Å². The summed E-state index contributed by atoms with van der Waals surface area (Å²) in [5.41, 5.74) is 0. The van der Waals surface area contributed by atoms with Crippen molar-refractivity contribution in [2.75, 3.05) is 0 Å². The maximum Gasteiger partial charge on any atom is 0.0842 e. The minimum atomic E-state index is 0.186. The van der Waals surface area contributed by atoms with Crippen molar-refractivity contribution >= 4 is 20.1 Å². The van der Waals surface area contributed by atoms with Crippen molar-refractivity contribution < 1.29 is 0 Å². The fourth-order valence-electron chi connectivity index (χ4n) is 1.61. The Bertz CT molecular complexity index is 79.0. The molecular formula is C10H27NSi2. The molecule has 0 saturated carbocycles. The number of rotatable bonds is 10. The SMILES string of the molecule is CCCCCCCCCC[SiH2]N[SiH3]. The van der Waals surface area contributed by atoms with Crippen LogP contribution in [0, 0.1) is 0 Å². The summed E-state index contributed by atoms with van der Waals surface area (Å²) in [6.07, 6.45) is 11.7. The lowest BCUT2D eigenvalue weighted by molar-refractivity contribution is 0.584. The first kappa shape index (κ1) is 13.4. The van der Waals surface area contributed by atoms with Crippen LogP contribution in [0.3, 0.4) is 0 Å². The fourth-order valence-corrected chi connectivity index (χ4v) is 3.63. The van der Waals surface area contributed by atoms with Gasteiger partial charge in [-0.1, -0.05) is 64.3 Å². The molecule has 0 radical (unpaired) electrons. The summed E-state index contributed by atoms with van der Waals surface area (Å²) >= 11 is 0. The lowest BCUT2D eigenvalue weighted by Gasteiger charge is -2.00. The zero-order chi connectivity index (χ0) is 9.78. The van der Waals surface area contributed by atoms with E-state index in [0.717, 1.165) is 0 Å². The van der Waals surface area contributed by atoms with E-state index in [-0.39, 0.29) is 9.68 Å². The van der Waals surface area contributed by atoms with Gasteiger partial charge in [0.1, 0.15) is 0 Å². The Morgan fingerprint density at radius 1 is 0.923 bits per heavy atom. The van der Waals surface area contributed by atoms with Gasteiger partial charge in [0.2, 0.25) is 0 Å². The van der Waals surface area contributed by atoms with Gasteiger partial charge >= 0.3 is 0 Å². The van der Waals surface area contributed by atoms with Gasteiger partial charge in [-0.2, -0.15) is 0 Å². The van der Waals surface area contributed by atoms with Gasteiger partial charge in [0.05, 0.1) is 20.1 Å². The van der Waals surface area contributed by atoms with Gasteiger partial charge in [-0.25, -0.2) is 0 Å². The Kier molecular flexibility index (Phi) is 12.8. The van der Waals surface area contributed by atoms with Gasteiger partial charge in [0.25, 0.3) is 0 Å². The molecule has 0 unspecified atom stereocenters. The van der Waals surface area contributed by atoms with Gasteiger partial charge in [0, 0.05) is 0 Å². The zero-order valence-corrected chi connectivity index (χ0v) is 13.0. The number of hydrogen-bond donors (Lipinski definition) is 1. The Morgan fingerprint density at radius 3 is 2.00 bits per heavy atom. The molecular weight excluding hydrogens is 190 g/mol. The molecule has 0 aliphatic carbocycles. The second kappa shape index (κ2) is 12.4. The molecule has 1 N–H and O–H groups in total. The van der Waals surface area contributed by atoms with Crippen LogP contribution in [0.1, 0.15) is 58.3 Å². The first-order valence-corrected chi connectivity index (χ1v) is 8.77. The molecule has 0 aromatic heterocycles. The highest BCUT2D eigenvalue weighted by Gasteiger charge is 1.91. The summed E-state index contributed by atoms with van der Waals surface area (Å²) in [4.78, 5) is 0. The summed E-state index contributed by atoms with van der Waals surface area (Å²) in [7, 11) is 1.41. The smallest absolute Gasteiger partial charge is 0.0842 e. The second-order valence-electron chi connectivity index (χ2n) is 3.93. The Morgan fingerprint density at radius 2 is 1.46 bits per heavy atom. The third-order valence-electron chi connectivity index (χ3n) is 2.53. The molecule has 0 fully saturated rings. The van der Waals surface area contributed by atoms with Crippen molar-refractivity contribution in [3.63, 3.8) is 0 Å². The molecule has 1 nitrogen and oxygen atoms in total. The van der Waals surface area contributed by atoms with E-state index < -0.39 is 0 Å². The lowest BCUT2D eigenvalue weighted by Crippen LogP contribution is -2.13. The van der Waals surface area contributed by atoms with Crippen molar-refractivity contribution in [1.29, 1.82) is 0 Å². The number of nitrogens with one attached hydrogen (secondary N) is 1. The Hall–Kier alpha value is 0.394. The maximum absolute atomic E-state index is 3.46. The van der Waals surface area contributed by atoms with Gasteiger partial charge in [-0.15, -0.1) is 0 Å². The third-order valence-corrected chi connectivity index (χ3v) is 5.38. The van der Waals surface area contributed by atoms with Gasteiger partial charge < -0.3 is 4.65 Å². The summed E-state index contributed by atoms with van der Waals surface area (Å²) in [6.45, 7) is 2.28. The van der Waals surface area contributed by atoms with E-state index in [1.807, 2.05) is 0 Å². The van der Waals surface area contributed by atoms with Crippen LogP contribution in [0.5, 0.6) is 0 Å². The van der Waals surface area contributed by atoms with E-state index in [0.29, 0.717) is 0 Å². The molecule has 0 aliphatic rings. The van der Waals surface area contributed by atoms with E-state index in [2.05, 4.69) is 11.6 Å². The van der Waals surface area contributed by atoms with Crippen molar-refractivity contribution in [3.05, 3.63) is 0 Å². The molecule has 0 rings (SSSR count). The van der Waals surface area contributed by atoms with Crippen LogP contribution in [-0.4, -0.2) is 20.1 Å². The predicted octanol–water partition coefficient (Wildman–Crippen LogP) is 1.50. The van der Waals surface area contributed by atoms with Crippen LogP contribution in [0.2, 0.25) is 6.04 Å². The molecule has 0 atom stereocenters. The average molecular weight is 218 g/mol. The molecule has 0 aromatic carbocycles. The predicted molar refractivity (Wildman–Crippen MR) is 69.0 cm³/mol. The molecule has 0 amide bonds. The number of unbranched alkanes of at least 4 members (excludes halogenated alkanes) is 7. The first-order chi connectivity index (χ1) is 6.41. The monoisotopic (exact) mass is 217 g/mol. The number of hydrogen-bond acceptors (Lipinski definition) is 1. The molecule has 0 aliphatic heterocycles. The molecule has 0 heterocycles. The van der Waals surface area contributed by atoms with E-state index in [1.54, 1.807) is 0 Å². The molecule has 0 bridgehead atoms. The summed E-state index contributed by atoms with van der Waals surface area (Å²) < 4.78 is 3.46. The van der Waals surface area contributed by atoms with Crippen LogP contribution in [0.4, 0.5) is 0 Å². The average Bonchev–Trinajstić information content (AvgIpc) is 2.16. The van der Waals surface area contributed by atoms with Crippen LogP contribution in [-0.2, 0) is 0 Å². The van der Waals surface area contributed by atoms with Crippen molar-refractivity contribution in [2.24, 2.45) is 0 Å². The highest BCUT2D eigenvalue weighted by Crippen LogP contribution is 2.09. The molecule has 13 heavy (non-hydrogen) atoms. The van der Waals surface area contributed by atoms with Gasteiger partial charge in [-0.3, -0.25) is 0 Å². The second-order valence-corrected chi connectivity index (χ2v) is 7.97. The van der Waals surface area contributed by atoms with E-state index in [1.165, 1.54) is 67.8 Å².